The van der Waals surface area contributed by atoms with Gasteiger partial charge in [-0.15, -0.1) is 0 Å². The molecular formula is C34H37NO6. The molecule has 3 aromatic carbocycles. The highest BCUT2D eigenvalue weighted by atomic mass is 16.5. The van der Waals surface area contributed by atoms with Crippen molar-refractivity contribution < 1.29 is 23.4 Å². The van der Waals surface area contributed by atoms with Crippen molar-refractivity contribution >= 4 is 16.9 Å². The van der Waals surface area contributed by atoms with E-state index < -0.39 is 6.04 Å². The standard InChI is InChI=1S/C34H37NO6/c1-20(2)14-16-40-27-12-9-24(19-28(27)39-6)30-29-31(36)26-18-21(3)17-22(4)32(26)41-33(29)34(37)35(30)15-13-23-7-10-25(38-5)11-8-23/h7-12,17-20,30H,13-16H2,1-6H3. The van der Waals surface area contributed by atoms with Crippen molar-refractivity contribution in [2.45, 2.75) is 46.6 Å². The first-order chi connectivity index (χ1) is 19.7. The van der Waals surface area contributed by atoms with E-state index in [1.165, 1.54) is 0 Å². The molecule has 4 aromatic rings. The number of hydrogen-bond acceptors (Lipinski definition) is 6. The van der Waals surface area contributed by atoms with E-state index >= 15 is 0 Å². The molecule has 1 unspecified atom stereocenters. The number of hydrogen-bond donors (Lipinski definition) is 0. The molecule has 7 heteroatoms. The number of nitrogens with zero attached hydrogens (tertiary/aromatic N) is 1. The van der Waals surface area contributed by atoms with Crippen LogP contribution >= 0.6 is 0 Å². The summed E-state index contributed by atoms with van der Waals surface area (Å²) < 4.78 is 23.2. The summed E-state index contributed by atoms with van der Waals surface area (Å²) in [5.74, 6) is 2.27. The summed E-state index contributed by atoms with van der Waals surface area (Å²) >= 11 is 0. The molecule has 0 bridgehead atoms. The Kier molecular flexibility index (Phi) is 8.06. The third-order valence-corrected chi connectivity index (χ3v) is 7.65. The molecule has 0 radical (unpaired) electrons. The molecule has 1 amide bonds. The minimum atomic E-state index is -0.629. The molecule has 0 saturated carbocycles. The summed E-state index contributed by atoms with van der Waals surface area (Å²) in [7, 11) is 3.23. The van der Waals surface area contributed by atoms with Gasteiger partial charge in [-0.25, -0.2) is 0 Å². The minimum Gasteiger partial charge on any atom is -0.497 e. The van der Waals surface area contributed by atoms with Crippen LogP contribution in [-0.2, 0) is 6.42 Å². The van der Waals surface area contributed by atoms with Gasteiger partial charge >= 0.3 is 0 Å². The summed E-state index contributed by atoms with van der Waals surface area (Å²) in [4.78, 5) is 29.7. The quantitative estimate of drug-likeness (QED) is 0.218. The zero-order valence-corrected chi connectivity index (χ0v) is 24.6. The van der Waals surface area contributed by atoms with Crippen molar-refractivity contribution in [3.8, 4) is 17.2 Å². The van der Waals surface area contributed by atoms with Crippen molar-refractivity contribution in [2.24, 2.45) is 5.92 Å². The van der Waals surface area contributed by atoms with E-state index in [-0.39, 0.29) is 17.1 Å². The number of aryl methyl sites for hydroxylation is 2. The fourth-order valence-electron chi connectivity index (χ4n) is 5.47. The summed E-state index contributed by atoms with van der Waals surface area (Å²) in [5, 5.41) is 0.483. The number of fused-ring (bicyclic) bond motifs is 2. The van der Waals surface area contributed by atoms with E-state index in [0.717, 1.165) is 34.4 Å². The Bertz CT molecular complexity index is 1640. The molecule has 1 atom stereocenters. The van der Waals surface area contributed by atoms with Gasteiger partial charge in [-0.05, 0) is 85.2 Å². The third-order valence-electron chi connectivity index (χ3n) is 7.65. The van der Waals surface area contributed by atoms with Gasteiger partial charge in [-0.2, -0.15) is 0 Å². The Hall–Kier alpha value is -4.26. The van der Waals surface area contributed by atoms with Gasteiger partial charge in [0.2, 0.25) is 5.76 Å². The largest absolute Gasteiger partial charge is 0.497 e. The molecule has 0 saturated heterocycles. The van der Waals surface area contributed by atoms with Crippen LogP contribution in [-0.4, -0.2) is 38.2 Å². The number of amides is 1. The Morgan fingerprint density at radius 3 is 2.37 bits per heavy atom. The van der Waals surface area contributed by atoms with Crippen LogP contribution in [0, 0.1) is 19.8 Å². The van der Waals surface area contributed by atoms with Crippen LogP contribution in [0.15, 0.2) is 63.8 Å². The number of methoxy groups -OCH3 is 2. The van der Waals surface area contributed by atoms with Crippen molar-refractivity contribution in [2.75, 3.05) is 27.4 Å². The first kappa shape index (κ1) is 28.3. The van der Waals surface area contributed by atoms with Crippen LogP contribution in [0.25, 0.3) is 11.0 Å². The lowest BCUT2D eigenvalue weighted by atomic mass is 9.96. The summed E-state index contributed by atoms with van der Waals surface area (Å²) in [6.45, 7) is 9.11. The summed E-state index contributed by atoms with van der Waals surface area (Å²) in [6, 6.07) is 16.6. The molecule has 5 rings (SSSR count). The van der Waals surface area contributed by atoms with Crippen molar-refractivity contribution in [3.05, 3.63) is 98.4 Å². The molecule has 2 heterocycles. The van der Waals surface area contributed by atoms with Crippen LogP contribution in [0.3, 0.4) is 0 Å². The minimum absolute atomic E-state index is 0.102. The zero-order valence-electron chi connectivity index (χ0n) is 24.6. The highest BCUT2D eigenvalue weighted by Gasteiger charge is 2.43. The highest BCUT2D eigenvalue weighted by Crippen LogP contribution is 2.41. The fraction of sp³-hybridized carbons (Fsp3) is 0.353. The molecule has 0 spiro atoms. The van der Waals surface area contributed by atoms with Crippen molar-refractivity contribution in [1.82, 2.24) is 4.90 Å². The van der Waals surface area contributed by atoms with Gasteiger partial charge in [-0.3, -0.25) is 9.59 Å². The second-order valence-electron chi connectivity index (χ2n) is 11.1. The average Bonchev–Trinajstić information content (AvgIpc) is 3.24. The number of carbonyl (C=O) groups is 1. The SMILES string of the molecule is COc1ccc(CCN2C(=O)c3oc4c(C)cc(C)cc4c(=O)c3C2c2ccc(OCCC(C)C)c(OC)c2)cc1. The van der Waals surface area contributed by atoms with E-state index in [1.54, 1.807) is 19.1 Å². The van der Waals surface area contributed by atoms with Crippen molar-refractivity contribution in [1.29, 1.82) is 0 Å². The van der Waals surface area contributed by atoms with Gasteiger partial charge < -0.3 is 23.5 Å². The molecule has 1 aliphatic heterocycles. The fourth-order valence-corrected chi connectivity index (χ4v) is 5.47. The number of carbonyl (C=O) groups excluding carboxylic acids is 1. The molecule has 214 valence electrons. The van der Waals surface area contributed by atoms with Crippen LogP contribution < -0.4 is 19.6 Å². The highest BCUT2D eigenvalue weighted by molar-refractivity contribution is 5.99. The lowest BCUT2D eigenvalue weighted by Gasteiger charge is -2.26. The van der Waals surface area contributed by atoms with Gasteiger partial charge in [0.25, 0.3) is 5.91 Å². The van der Waals surface area contributed by atoms with Gasteiger partial charge in [0.05, 0.1) is 37.8 Å². The second-order valence-corrected chi connectivity index (χ2v) is 11.1. The molecule has 0 N–H and O–H groups in total. The molecular weight excluding hydrogens is 518 g/mol. The van der Waals surface area contributed by atoms with Gasteiger partial charge in [-0.1, -0.05) is 38.1 Å². The Labute approximate surface area is 240 Å². The Morgan fingerprint density at radius 1 is 0.927 bits per heavy atom. The van der Waals surface area contributed by atoms with Crippen LogP contribution in [0.5, 0.6) is 17.2 Å². The maximum atomic E-state index is 14.1. The van der Waals surface area contributed by atoms with Gasteiger partial charge in [0, 0.05) is 6.54 Å². The smallest absolute Gasteiger partial charge is 0.290 e. The van der Waals surface area contributed by atoms with Gasteiger partial charge in [0.15, 0.2) is 16.9 Å². The summed E-state index contributed by atoms with van der Waals surface area (Å²) in [6.07, 6.45) is 1.51. The number of benzene rings is 3. The molecule has 7 nitrogen and oxygen atoms in total. The van der Waals surface area contributed by atoms with E-state index in [0.29, 0.717) is 53.5 Å². The second kappa shape index (κ2) is 11.7. The van der Waals surface area contributed by atoms with Crippen LogP contribution in [0.1, 0.15) is 64.7 Å². The zero-order chi connectivity index (χ0) is 29.3. The lowest BCUT2D eigenvalue weighted by Crippen LogP contribution is -2.31. The maximum absolute atomic E-state index is 14.1. The topological polar surface area (TPSA) is 78.2 Å². The predicted molar refractivity (Wildman–Crippen MR) is 159 cm³/mol. The maximum Gasteiger partial charge on any atom is 0.290 e. The number of ether oxygens (including phenoxy) is 3. The summed E-state index contributed by atoms with van der Waals surface area (Å²) in [5.41, 5.74) is 4.23. The Balaban J connectivity index is 1.59. The first-order valence-electron chi connectivity index (χ1n) is 14.0. The van der Waals surface area contributed by atoms with Crippen molar-refractivity contribution in [3.63, 3.8) is 0 Å². The van der Waals surface area contributed by atoms with E-state index in [2.05, 4.69) is 13.8 Å². The van der Waals surface area contributed by atoms with Crippen LogP contribution in [0.4, 0.5) is 0 Å². The van der Waals surface area contributed by atoms with Crippen LogP contribution in [0.2, 0.25) is 0 Å². The monoisotopic (exact) mass is 555 g/mol. The molecule has 0 fully saturated rings. The van der Waals surface area contributed by atoms with Gasteiger partial charge in [0.1, 0.15) is 11.3 Å². The third kappa shape index (κ3) is 5.53. The molecule has 0 aliphatic carbocycles. The van der Waals surface area contributed by atoms with E-state index in [9.17, 15) is 9.59 Å². The van der Waals surface area contributed by atoms with E-state index in [4.69, 9.17) is 18.6 Å². The Morgan fingerprint density at radius 2 is 1.68 bits per heavy atom. The average molecular weight is 556 g/mol. The molecule has 1 aromatic heterocycles. The molecule has 41 heavy (non-hydrogen) atoms. The number of rotatable bonds is 10. The lowest BCUT2D eigenvalue weighted by molar-refractivity contribution is 0.0730. The predicted octanol–water partition coefficient (Wildman–Crippen LogP) is 6.64. The normalized spacial score (nSPS) is 14.6. The first-order valence-corrected chi connectivity index (χ1v) is 14.0. The molecule has 1 aliphatic rings. The van der Waals surface area contributed by atoms with E-state index in [1.807, 2.05) is 68.4 Å².